The van der Waals surface area contributed by atoms with Gasteiger partial charge in [-0.3, -0.25) is 4.79 Å². The molecule has 5 heteroatoms. The Morgan fingerprint density at radius 3 is 2.56 bits per heavy atom. The zero-order valence-corrected chi connectivity index (χ0v) is 11.4. The first kappa shape index (κ1) is 15.0. The Balaban J connectivity index is 2.45. The molecular weight excluding hydrogens is 234 g/mol. The van der Waals surface area contributed by atoms with Crippen LogP contribution in [0.2, 0.25) is 0 Å². The third-order valence-electron chi connectivity index (χ3n) is 3.37. The van der Waals surface area contributed by atoms with Crippen molar-refractivity contribution in [3.8, 4) is 0 Å². The summed E-state index contributed by atoms with van der Waals surface area (Å²) < 4.78 is 10.4. The maximum Gasteiger partial charge on any atom is 0.330 e. The minimum atomic E-state index is -0.707. The SMILES string of the molecule is COC(=O)C(COC1CCCCC1C)NC(C)=O. The molecule has 104 valence electrons. The fourth-order valence-corrected chi connectivity index (χ4v) is 2.31. The fraction of sp³-hybridized carbons (Fsp3) is 0.846. The van der Waals surface area contributed by atoms with E-state index in [0.29, 0.717) is 5.92 Å². The number of ether oxygens (including phenoxy) is 2. The molecule has 0 aromatic carbocycles. The summed E-state index contributed by atoms with van der Waals surface area (Å²) in [5, 5.41) is 2.55. The van der Waals surface area contributed by atoms with Crippen LogP contribution in [0.5, 0.6) is 0 Å². The molecule has 1 aliphatic carbocycles. The van der Waals surface area contributed by atoms with Gasteiger partial charge in [0.1, 0.15) is 0 Å². The number of carbonyl (C=O) groups is 2. The van der Waals surface area contributed by atoms with Crippen LogP contribution in [0.1, 0.15) is 39.5 Å². The van der Waals surface area contributed by atoms with Gasteiger partial charge in [0.25, 0.3) is 0 Å². The van der Waals surface area contributed by atoms with Crippen LogP contribution in [-0.2, 0) is 19.1 Å². The smallest absolute Gasteiger partial charge is 0.330 e. The number of esters is 1. The highest BCUT2D eigenvalue weighted by Crippen LogP contribution is 2.26. The number of hydrogen-bond donors (Lipinski definition) is 1. The molecule has 3 unspecified atom stereocenters. The van der Waals surface area contributed by atoms with E-state index in [0.717, 1.165) is 19.3 Å². The topological polar surface area (TPSA) is 64.6 Å². The largest absolute Gasteiger partial charge is 0.467 e. The van der Waals surface area contributed by atoms with Crippen molar-refractivity contribution in [1.29, 1.82) is 0 Å². The van der Waals surface area contributed by atoms with Crippen LogP contribution < -0.4 is 5.32 Å². The van der Waals surface area contributed by atoms with Crippen molar-refractivity contribution in [3.63, 3.8) is 0 Å². The van der Waals surface area contributed by atoms with E-state index in [2.05, 4.69) is 17.0 Å². The second-order valence-corrected chi connectivity index (χ2v) is 4.91. The Kier molecular flexibility index (Phi) is 6.12. The first-order chi connectivity index (χ1) is 8.54. The van der Waals surface area contributed by atoms with E-state index in [9.17, 15) is 9.59 Å². The molecule has 0 aromatic heterocycles. The third kappa shape index (κ3) is 4.64. The van der Waals surface area contributed by atoms with Crippen molar-refractivity contribution >= 4 is 11.9 Å². The molecule has 1 fully saturated rings. The van der Waals surface area contributed by atoms with Gasteiger partial charge in [-0.05, 0) is 18.8 Å². The maximum atomic E-state index is 11.5. The number of rotatable bonds is 5. The van der Waals surface area contributed by atoms with Gasteiger partial charge in [-0.1, -0.05) is 19.8 Å². The first-order valence-corrected chi connectivity index (χ1v) is 6.51. The molecule has 1 aliphatic rings. The van der Waals surface area contributed by atoms with Gasteiger partial charge < -0.3 is 14.8 Å². The van der Waals surface area contributed by atoms with E-state index in [1.54, 1.807) is 0 Å². The monoisotopic (exact) mass is 257 g/mol. The minimum absolute atomic E-state index is 0.180. The van der Waals surface area contributed by atoms with E-state index in [-0.39, 0.29) is 18.6 Å². The lowest BCUT2D eigenvalue weighted by Gasteiger charge is -2.30. The highest BCUT2D eigenvalue weighted by molar-refractivity contribution is 5.83. The van der Waals surface area contributed by atoms with Crippen molar-refractivity contribution in [3.05, 3.63) is 0 Å². The number of methoxy groups -OCH3 is 1. The van der Waals surface area contributed by atoms with Crippen LogP contribution in [0.15, 0.2) is 0 Å². The quantitative estimate of drug-likeness (QED) is 0.753. The van der Waals surface area contributed by atoms with Crippen molar-refractivity contribution in [2.24, 2.45) is 5.92 Å². The van der Waals surface area contributed by atoms with Crippen LogP contribution in [-0.4, -0.2) is 37.7 Å². The number of carbonyl (C=O) groups excluding carboxylic acids is 2. The van der Waals surface area contributed by atoms with Gasteiger partial charge in [-0.25, -0.2) is 4.79 Å². The summed E-state index contributed by atoms with van der Waals surface area (Å²) in [6.45, 7) is 3.72. The van der Waals surface area contributed by atoms with Gasteiger partial charge in [0.05, 0.1) is 19.8 Å². The van der Waals surface area contributed by atoms with Gasteiger partial charge in [-0.15, -0.1) is 0 Å². The van der Waals surface area contributed by atoms with Gasteiger partial charge in [0.2, 0.25) is 5.91 Å². The molecule has 0 saturated heterocycles. The van der Waals surface area contributed by atoms with E-state index in [1.165, 1.54) is 20.5 Å². The maximum absolute atomic E-state index is 11.5. The molecule has 18 heavy (non-hydrogen) atoms. The normalized spacial score (nSPS) is 25.3. The highest BCUT2D eigenvalue weighted by Gasteiger charge is 2.26. The number of hydrogen-bond acceptors (Lipinski definition) is 4. The van der Waals surface area contributed by atoms with Crippen molar-refractivity contribution in [2.45, 2.75) is 51.7 Å². The molecule has 0 bridgehead atoms. The Hall–Kier alpha value is -1.10. The molecule has 0 aliphatic heterocycles. The molecule has 1 N–H and O–H groups in total. The average molecular weight is 257 g/mol. The first-order valence-electron chi connectivity index (χ1n) is 6.51. The Morgan fingerprint density at radius 2 is 2.00 bits per heavy atom. The van der Waals surface area contributed by atoms with Crippen molar-refractivity contribution in [2.75, 3.05) is 13.7 Å². The summed E-state index contributed by atoms with van der Waals surface area (Å²) in [6.07, 6.45) is 4.77. The van der Waals surface area contributed by atoms with Gasteiger partial charge in [-0.2, -0.15) is 0 Å². The summed E-state index contributed by atoms with van der Waals surface area (Å²) in [5.74, 6) is -0.214. The minimum Gasteiger partial charge on any atom is -0.467 e. The fourth-order valence-electron chi connectivity index (χ4n) is 2.31. The summed E-state index contributed by atoms with van der Waals surface area (Å²) in [4.78, 5) is 22.5. The zero-order chi connectivity index (χ0) is 13.5. The van der Waals surface area contributed by atoms with Crippen LogP contribution >= 0.6 is 0 Å². The Bertz CT molecular complexity index is 293. The Labute approximate surface area is 108 Å². The zero-order valence-electron chi connectivity index (χ0n) is 11.4. The summed E-state index contributed by atoms with van der Waals surface area (Å²) in [7, 11) is 1.31. The van der Waals surface area contributed by atoms with Crippen LogP contribution in [0, 0.1) is 5.92 Å². The molecule has 0 spiro atoms. The van der Waals surface area contributed by atoms with Crippen LogP contribution in [0.4, 0.5) is 0 Å². The molecule has 3 atom stereocenters. The van der Waals surface area contributed by atoms with Gasteiger partial charge in [0.15, 0.2) is 6.04 Å². The average Bonchev–Trinajstić information content (AvgIpc) is 2.34. The Morgan fingerprint density at radius 1 is 1.33 bits per heavy atom. The van der Waals surface area contributed by atoms with Crippen molar-refractivity contribution in [1.82, 2.24) is 5.32 Å². The molecule has 1 saturated carbocycles. The summed E-state index contributed by atoms with van der Waals surface area (Å²) >= 11 is 0. The molecule has 1 rings (SSSR count). The number of nitrogens with one attached hydrogen (secondary N) is 1. The van der Waals surface area contributed by atoms with Gasteiger partial charge >= 0.3 is 5.97 Å². The third-order valence-corrected chi connectivity index (χ3v) is 3.37. The van der Waals surface area contributed by atoms with E-state index in [1.807, 2.05) is 0 Å². The van der Waals surface area contributed by atoms with E-state index in [4.69, 9.17) is 4.74 Å². The van der Waals surface area contributed by atoms with Crippen LogP contribution in [0.25, 0.3) is 0 Å². The van der Waals surface area contributed by atoms with Crippen molar-refractivity contribution < 1.29 is 19.1 Å². The second kappa shape index (κ2) is 7.36. The lowest BCUT2D eigenvalue weighted by Crippen LogP contribution is -2.45. The molecule has 5 nitrogen and oxygen atoms in total. The molecule has 1 amide bonds. The molecule has 0 heterocycles. The lowest BCUT2D eigenvalue weighted by atomic mass is 9.88. The standard InChI is InChI=1S/C13H23NO4/c1-9-6-4-5-7-12(9)18-8-11(13(16)17-3)14-10(2)15/h9,11-12H,4-8H2,1-3H3,(H,14,15). The molecule has 0 aromatic rings. The number of amides is 1. The van der Waals surface area contributed by atoms with E-state index >= 15 is 0 Å². The second-order valence-electron chi connectivity index (χ2n) is 4.91. The lowest BCUT2D eigenvalue weighted by molar-refractivity contribution is -0.148. The van der Waals surface area contributed by atoms with E-state index < -0.39 is 12.0 Å². The molecule has 0 radical (unpaired) electrons. The predicted molar refractivity (Wildman–Crippen MR) is 67.0 cm³/mol. The summed E-state index contributed by atoms with van der Waals surface area (Å²) in [5.41, 5.74) is 0. The summed E-state index contributed by atoms with van der Waals surface area (Å²) in [6, 6.07) is -0.707. The highest BCUT2D eigenvalue weighted by atomic mass is 16.5. The van der Waals surface area contributed by atoms with Crippen LogP contribution in [0.3, 0.4) is 0 Å². The predicted octanol–water partition coefficient (Wildman–Crippen LogP) is 1.26. The van der Waals surface area contributed by atoms with Gasteiger partial charge in [0, 0.05) is 6.92 Å². The molecular formula is C13H23NO4.